The molecule has 114 valence electrons. The van der Waals surface area contributed by atoms with Crippen LogP contribution in [0.4, 0.5) is 0 Å². The molecule has 21 heavy (non-hydrogen) atoms. The Bertz CT molecular complexity index is 600. The lowest BCUT2D eigenvalue weighted by Gasteiger charge is -2.05. The average Bonchev–Trinajstić information content (AvgIpc) is 2.50. The third-order valence-electron chi connectivity index (χ3n) is 4.09. The van der Waals surface area contributed by atoms with Gasteiger partial charge in [-0.25, -0.2) is 0 Å². The number of para-hydroxylation sites is 1. The van der Waals surface area contributed by atoms with E-state index in [1.165, 1.54) is 51.4 Å². The van der Waals surface area contributed by atoms with Gasteiger partial charge in [-0.15, -0.1) is 0 Å². The molecule has 0 atom stereocenters. The van der Waals surface area contributed by atoms with Gasteiger partial charge < -0.3 is 4.98 Å². The first-order valence-electron chi connectivity index (χ1n) is 8.42. The fourth-order valence-corrected chi connectivity index (χ4v) is 2.84. The highest BCUT2D eigenvalue weighted by atomic mass is 16.1. The van der Waals surface area contributed by atoms with Gasteiger partial charge in [0.15, 0.2) is 5.43 Å². The van der Waals surface area contributed by atoms with Crippen LogP contribution in [0.1, 0.15) is 64.0 Å². The summed E-state index contributed by atoms with van der Waals surface area (Å²) in [5, 5.41) is 0.789. The highest BCUT2D eigenvalue weighted by Crippen LogP contribution is 2.12. The molecule has 1 heterocycles. The number of unbranched alkanes of at least 4 members (excludes halogenated alkanes) is 7. The van der Waals surface area contributed by atoms with Gasteiger partial charge in [-0.05, 0) is 25.0 Å². The van der Waals surface area contributed by atoms with Crippen LogP contribution in [0, 0.1) is 0 Å². The third-order valence-corrected chi connectivity index (χ3v) is 4.09. The van der Waals surface area contributed by atoms with E-state index in [0.29, 0.717) is 0 Å². The van der Waals surface area contributed by atoms with Crippen LogP contribution in [0.3, 0.4) is 0 Å². The first kappa shape index (κ1) is 15.8. The van der Waals surface area contributed by atoms with E-state index in [2.05, 4.69) is 11.9 Å². The Labute approximate surface area is 127 Å². The zero-order valence-corrected chi connectivity index (χ0v) is 13.2. The third kappa shape index (κ3) is 5.04. The van der Waals surface area contributed by atoms with Crippen molar-refractivity contribution in [1.29, 1.82) is 0 Å². The van der Waals surface area contributed by atoms with Crippen LogP contribution >= 0.6 is 0 Å². The maximum absolute atomic E-state index is 12.0. The lowest BCUT2D eigenvalue weighted by atomic mass is 10.1. The van der Waals surface area contributed by atoms with Gasteiger partial charge in [0, 0.05) is 22.7 Å². The molecule has 0 aliphatic rings. The smallest absolute Gasteiger partial charge is 0.189 e. The second-order valence-electron chi connectivity index (χ2n) is 5.93. The molecule has 0 bridgehead atoms. The van der Waals surface area contributed by atoms with E-state index >= 15 is 0 Å². The minimum atomic E-state index is 0.138. The Morgan fingerprint density at radius 2 is 1.57 bits per heavy atom. The topological polar surface area (TPSA) is 32.9 Å². The van der Waals surface area contributed by atoms with Gasteiger partial charge in [0.2, 0.25) is 0 Å². The normalized spacial score (nSPS) is 11.1. The minimum Gasteiger partial charge on any atom is -0.358 e. The number of aromatic nitrogens is 1. The molecule has 0 aliphatic carbocycles. The van der Waals surface area contributed by atoms with Gasteiger partial charge in [-0.1, -0.05) is 64.0 Å². The van der Waals surface area contributed by atoms with Crippen LogP contribution in [0.25, 0.3) is 10.9 Å². The summed E-state index contributed by atoms with van der Waals surface area (Å²) < 4.78 is 0. The number of aryl methyl sites for hydroxylation is 1. The van der Waals surface area contributed by atoms with Crippen LogP contribution in [-0.4, -0.2) is 4.98 Å². The summed E-state index contributed by atoms with van der Waals surface area (Å²) in [6.07, 6.45) is 11.5. The van der Waals surface area contributed by atoms with Gasteiger partial charge >= 0.3 is 0 Å². The summed E-state index contributed by atoms with van der Waals surface area (Å²) in [5.74, 6) is 0. The molecule has 2 nitrogen and oxygen atoms in total. The molecule has 0 aliphatic heterocycles. The molecule has 0 radical (unpaired) electrons. The zero-order chi connectivity index (χ0) is 14.9. The Kier molecular flexibility index (Phi) is 6.52. The van der Waals surface area contributed by atoms with Crippen LogP contribution in [-0.2, 0) is 6.42 Å². The van der Waals surface area contributed by atoms with Crippen molar-refractivity contribution >= 4 is 10.9 Å². The van der Waals surface area contributed by atoms with Crippen molar-refractivity contribution in [1.82, 2.24) is 4.98 Å². The number of pyridine rings is 1. The minimum absolute atomic E-state index is 0.138. The highest BCUT2D eigenvalue weighted by molar-refractivity contribution is 5.78. The molecule has 0 saturated carbocycles. The summed E-state index contributed by atoms with van der Waals surface area (Å²) in [4.78, 5) is 15.4. The largest absolute Gasteiger partial charge is 0.358 e. The lowest BCUT2D eigenvalue weighted by Crippen LogP contribution is -2.05. The number of fused-ring (bicyclic) bond motifs is 1. The molecule has 2 heteroatoms. The van der Waals surface area contributed by atoms with Crippen molar-refractivity contribution in [3.63, 3.8) is 0 Å². The number of aromatic amines is 1. The summed E-state index contributed by atoms with van der Waals surface area (Å²) in [5.41, 5.74) is 2.17. The summed E-state index contributed by atoms with van der Waals surface area (Å²) in [7, 11) is 0. The molecular formula is C19H27NO. The van der Waals surface area contributed by atoms with Gasteiger partial charge in [0.1, 0.15) is 0 Å². The Morgan fingerprint density at radius 3 is 2.33 bits per heavy atom. The molecule has 0 spiro atoms. The summed E-state index contributed by atoms with van der Waals surface area (Å²) in [6, 6.07) is 9.51. The van der Waals surface area contributed by atoms with E-state index in [9.17, 15) is 4.79 Å². The van der Waals surface area contributed by atoms with E-state index in [1.54, 1.807) is 6.07 Å². The van der Waals surface area contributed by atoms with E-state index in [0.717, 1.165) is 23.0 Å². The van der Waals surface area contributed by atoms with Gasteiger partial charge in [-0.2, -0.15) is 0 Å². The second kappa shape index (κ2) is 8.66. The molecule has 0 amide bonds. The van der Waals surface area contributed by atoms with E-state index < -0.39 is 0 Å². The Morgan fingerprint density at radius 1 is 0.905 bits per heavy atom. The second-order valence-corrected chi connectivity index (χ2v) is 5.93. The molecular weight excluding hydrogens is 258 g/mol. The van der Waals surface area contributed by atoms with E-state index in [1.807, 2.05) is 24.3 Å². The monoisotopic (exact) mass is 285 g/mol. The highest BCUT2D eigenvalue weighted by Gasteiger charge is 2.01. The van der Waals surface area contributed by atoms with Crippen LogP contribution < -0.4 is 5.43 Å². The van der Waals surface area contributed by atoms with E-state index in [4.69, 9.17) is 0 Å². The number of hydrogen-bond donors (Lipinski definition) is 1. The van der Waals surface area contributed by atoms with Crippen molar-refractivity contribution in [3.8, 4) is 0 Å². The first-order chi connectivity index (χ1) is 10.3. The van der Waals surface area contributed by atoms with Crippen molar-refractivity contribution in [2.45, 2.75) is 64.7 Å². The Balaban J connectivity index is 1.75. The van der Waals surface area contributed by atoms with Crippen LogP contribution in [0.5, 0.6) is 0 Å². The molecule has 1 aromatic heterocycles. The maximum atomic E-state index is 12.0. The first-order valence-corrected chi connectivity index (χ1v) is 8.42. The number of hydrogen-bond acceptors (Lipinski definition) is 1. The average molecular weight is 285 g/mol. The van der Waals surface area contributed by atoms with Crippen molar-refractivity contribution in [2.75, 3.05) is 0 Å². The van der Waals surface area contributed by atoms with Gasteiger partial charge in [0.05, 0.1) is 0 Å². The fraction of sp³-hybridized carbons (Fsp3) is 0.526. The molecule has 1 aromatic carbocycles. The van der Waals surface area contributed by atoms with Crippen LogP contribution in [0.2, 0.25) is 0 Å². The van der Waals surface area contributed by atoms with Gasteiger partial charge in [-0.3, -0.25) is 4.79 Å². The Hall–Kier alpha value is -1.57. The maximum Gasteiger partial charge on any atom is 0.189 e. The lowest BCUT2D eigenvalue weighted by molar-refractivity contribution is 0.574. The molecule has 0 unspecified atom stereocenters. The molecule has 1 N–H and O–H groups in total. The van der Waals surface area contributed by atoms with Crippen molar-refractivity contribution < 1.29 is 0 Å². The predicted octanol–water partition coefficient (Wildman–Crippen LogP) is 5.21. The van der Waals surface area contributed by atoms with E-state index in [-0.39, 0.29) is 5.43 Å². The fourth-order valence-electron chi connectivity index (χ4n) is 2.84. The number of nitrogens with one attached hydrogen (secondary N) is 1. The van der Waals surface area contributed by atoms with Crippen molar-refractivity contribution in [2.24, 2.45) is 0 Å². The quantitative estimate of drug-likeness (QED) is 0.630. The predicted molar refractivity (Wildman–Crippen MR) is 90.9 cm³/mol. The standard InChI is InChI=1S/C19H27NO/c1-2-3-4-5-6-7-8-9-12-16-15-19(21)17-13-10-11-14-18(17)20-16/h10-11,13-15H,2-9,12H2,1H3,(H,20,21). The number of benzene rings is 1. The zero-order valence-electron chi connectivity index (χ0n) is 13.2. The van der Waals surface area contributed by atoms with Crippen molar-refractivity contribution in [3.05, 3.63) is 46.2 Å². The molecule has 0 fully saturated rings. The summed E-state index contributed by atoms with van der Waals surface area (Å²) in [6.45, 7) is 2.25. The molecule has 2 aromatic rings. The molecule has 2 rings (SSSR count). The van der Waals surface area contributed by atoms with Gasteiger partial charge in [0.25, 0.3) is 0 Å². The summed E-state index contributed by atoms with van der Waals surface area (Å²) >= 11 is 0. The molecule has 0 saturated heterocycles. The number of rotatable bonds is 9. The van der Waals surface area contributed by atoms with Crippen LogP contribution in [0.15, 0.2) is 35.1 Å². The number of H-pyrrole nitrogens is 1. The SMILES string of the molecule is CCCCCCCCCCc1cc(=O)c2ccccc2[nH]1.